The van der Waals surface area contributed by atoms with Gasteiger partial charge in [-0.3, -0.25) is 4.79 Å². The zero-order valence-electron chi connectivity index (χ0n) is 10.6. The molecule has 0 bridgehead atoms. The van der Waals surface area contributed by atoms with Gasteiger partial charge in [-0.15, -0.1) is 11.3 Å². The number of hydrogen-bond donors (Lipinski definition) is 2. The van der Waals surface area contributed by atoms with Crippen LogP contribution in [0, 0.1) is 6.92 Å². The molecule has 6 heteroatoms. The van der Waals surface area contributed by atoms with Gasteiger partial charge in [0.25, 0.3) is 5.91 Å². The van der Waals surface area contributed by atoms with Crippen molar-refractivity contribution in [2.75, 3.05) is 11.9 Å². The number of carbonyl (C=O) groups is 1. The first kappa shape index (κ1) is 13.4. The van der Waals surface area contributed by atoms with Gasteiger partial charge in [0.1, 0.15) is 5.75 Å². The topological polar surface area (TPSA) is 77.2 Å². The van der Waals surface area contributed by atoms with Gasteiger partial charge in [-0.2, -0.15) is 0 Å². The number of hydrogen-bond acceptors (Lipinski definition) is 5. The van der Waals surface area contributed by atoms with Gasteiger partial charge in [0, 0.05) is 16.8 Å². The van der Waals surface area contributed by atoms with Crippen molar-refractivity contribution in [3.8, 4) is 5.75 Å². The van der Waals surface area contributed by atoms with Crippen LogP contribution < -0.4 is 15.8 Å². The number of thiazole rings is 1. The van der Waals surface area contributed by atoms with Crippen LogP contribution >= 0.6 is 11.3 Å². The van der Waals surface area contributed by atoms with E-state index in [9.17, 15) is 4.79 Å². The van der Waals surface area contributed by atoms with Crippen LogP contribution in [-0.2, 0) is 11.3 Å². The number of benzene rings is 1. The third-order valence-electron chi connectivity index (χ3n) is 2.37. The summed E-state index contributed by atoms with van der Waals surface area (Å²) in [7, 11) is 0. The third kappa shape index (κ3) is 4.26. The summed E-state index contributed by atoms with van der Waals surface area (Å²) in [6.07, 6.45) is 1.87. The van der Waals surface area contributed by atoms with E-state index in [1.54, 1.807) is 23.5 Å². The molecule has 0 saturated carbocycles. The van der Waals surface area contributed by atoms with Gasteiger partial charge in [-0.05, 0) is 31.2 Å². The lowest BCUT2D eigenvalue weighted by Crippen LogP contribution is -2.19. The van der Waals surface area contributed by atoms with Crippen molar-refractivity contribution in [2.24, 2.45) is 5.73 Å². The number of nitrogens with zero attached hydrogens (tertiary/aromatic N) is 1. The molecule has 1 amide bonds. The summed E-state index contributed by atoms with van der Waals surface area (Å²) in [5.74, 6) is 0.140. The molecule has 0 radical (unpaired) electrons. The zero-order valence-corrected chi connectivity index (χ0v) is 11.4. The maximum absolute atomic E-state index is 10.6. The van der Waals surface area contributed by atoms with Crippen molar-refractivity contribution < 1.29 is 9.53 Å². The van der Waals surface area contributed by atoms with Crippen molar-refractivity contribution >= 4 is 22.9 Å². The largest absolute Gasteiger partial charge is 0.484 e. The van der Waals surface area contributed by atoms with Crippen molar-refractivity contribution in [3.63, 3.8) is 0 Å². The Bertz CT molecular complexity index is 551. The molecule has 0 aliphatic heterocycles. The summed E-state index contributed by atoms with van der Waals surface area (Å²) in [5.41, 5.74) is 5.99. The molecule has 0 atom stereocenters. The molecule has 2 aromatic rings. The number of aromatic nitrogens is 1. The molecule has 0 aliphatic carbocycles. The monoisotopic (exact) mass is 277 g/mol. The van der Waals surface area contributed by atoms with Crippen LogP contribution in [0.1, 0.15) is 9.88 Å². The van der Waals surface area contributed by atoms with Crippen molar-refractivity contribution in [3.05, 3.63) is 40.3 Å². The normalized spacial score (nSPS) is 10.2. The number of amides is 1. The van der Waals surface area contributed by atoms with E-state index in [0.717, 1.165) is 17.2 Å². The highest BCUT2D eigenvalue weighted by Gasteiger charge is 2.00. The molecule has 0 unspecified atom stereocenters. The smallest absolute Gasteiger partial charge is 0.255 e. The molecule has 1 aromatic carbocycles. The summed E-state index contributed by atoms with van der Waals surface area (Å²) >= 11 is 1.67. The van der Waals surface area contributed by atoms with E-state index in [4.69, 9.17) is 10.5 Å². The standard InChI is InChI=1S/C13H15N3O2S/c1-9-15-6-12(19-9)7-16-10-2-4-11(5-3-10)18-8-13(14)17/h2-6,16H,7-8H2,1H3,(H2,14,17). The minimum absolute atomic E-state index is 0.104. The van der Waals surface area contributed by atoms with Crippen LogP contribution in [0.3, 0.4) is 0 Å². The highest BCUT2D eigenvalue weighted by atomic mass is 32.1. The summed E-state index contributed by atoms with van der Waals surface area (Å²) < 4.78 is 5.18. The van der Waals surface area contributed by atoms with Gasteiger partial charge >= 0.3 is 0 Å². The third-order valence-corrected chi connectivity index (χ3v) is 3.28. The van der Waals surface area contributed by atoms with Crippen molar-refractivity contribution in [1.82, 2.24) is 4.98 Å². The number of carbonyl (C=O) groups excluding carboxylic acids is 1. The Morgan fingerprint density at radius 2 is 2.16 bits per heavy atom. The highest BCUT2D eigenvalue weighted by Crippen LogP contribution is 2.18. The van der Waals surface area contributed by atoms with Crippen LogP contribution in [0.4, 0.5) is 5.69 Å². The average Bonchev–Trinajstić information content (AvgIpc) is 2.81. The van der Waals surface area contributed by atoms with E-state index in [-0.39, 0.29) is 6.61 Å². The van der Waals surface area contributed by atoms with Gasteiger partial charge < -0.3 is 15.8 Å². The molecule has 100 valence electrons. The minimum atomic E-state index is -0.484. The molecule has 1 aromatic heterocycles. The fourth-order valence-electron chi connectivity index (χ4n) is 1.50. The first-order valence-corrected chi connectivity index (χ1v) is 6.61. The molecule has 5 nitrogen and oxygen atoms in total. The predicted molar refractivity (Wildman–Crippen MR) is 75.3 cm³/mol. The quantitative estimate of drug-likeness (QED) is 0.845. The van der Waals surface area contributed by atoms with Crippen molar-refractivity contribution in [2.45, 2.75) is 13.5 Å². The SMILES string of the molecule is Cc1ncc(CNc2ccc(OCC(N)=O)cc2)s1. The maximum atomic E-state index is 10.6. The van der Waals surface area contributed by atoms with Crippen LogP contribution in [0.5, 0.6) is 5.75 Å². The van der Waals surface area contributed by atoms with E-state index >= 15 is 0 Å². The van der Waals surface area contributed by atoms with Crippen LogP contribution in [0.2, 0.25) is 0 Å². The predicted octanol–water partition coefficient (Wildman–Crippen LogP) is 1.93. The Kier molecular flexibility index (Phi) is 4.35. The summed E-state index contributed by atoms with van der Waals surface area (Å²) in [5, 5.41) is 4.35. The Hall–Kier alpha value is -2.08. The number of anilines is 1. The number of primary amides is 1. The summed E-state index contributed by atoms with van der Waals surface area (Å²) in [6.45, 7) is 2.62. The van der Waals surface area contributed by atoms with Gasteiger partial charge in [0.15, 0.2) is 6.61 Å². The molecule has 0 spiro atoms. The number of nitrogens with one attached hydrogen (secondary N) is 1. The van der Waals surface area contributed by atoms with Gasteiger partial charge in [0.05, 0.1) is 11.6 Å². The molecule has 19 heavy (non-hydrogen) atoms. The van der Waals surface area contributed by atoms with Crippen molar-refractivity contribution in [1.29, 1.82) is 0 Å². The molecule has 0 fully saturated rings. The first-order valence-electron chi connectivity index (χ1n) is 5.80. The summed E-state index contributed by atoms with van der Waals surface area (Å²) in [4.78, 5) is 16.0. The lowest BCUT2D eigenvalue weighted by Gasteiger charge is -2.07. The Balaban J connectivity index is 1.86. The van der Waals surface area contributed by atoms with E-state index in [0.29, 0.717) is 5.75 Å². The molecule has 3 N–H and O–H groups in total. The number of rotatable bonds is 6. The van der Waals surface area contributed by atoms with Crippen LogP contribution in [0.15, 0.2) is 30.5 Å². The molecule has 1 heterocycles. The fourth-order valence-corrected chi connectivity index (χ4v) is 2.23. The highest BCUT2D eigenvalue weighted by molar-refractivity contribution is 7.11. The second kappa shape index (κ2) is 6.19. The Morgan fingerprint density at radius 3 is 2.74 bits per heavy atom. The Morgan fingerprint density at radius 1 is 1.42 bits per heavy atom. The lowest BCUT2D eigenvalue weighted by atomic mass is 10.3. The molecule has 0 saturated heterocycles. The first-order chi connectivity index (χ1) is 9.13. The van der Waals surface area contributed by atoms with E-state index in [2.05, 4.69) is 10.3 Å². The zero-order chi connectivity index (χ0) is 13.7. The minimum Gasteiger partial charge on any atom is -0.484 e. The molecule has 0 aliphatic rings. The second-order valence-electron chi connectivity index (χ2n) is 3.98. The van der Waals surface area contributed by atoms with Gasteiger partial charge in [-0.25, -0.2) is 4.98 Å². The van der Waals surface area contributed by atoms with Crippen LogP contribution in [0.25, 0.3) is 0 Å². The van der Waals surface area contributed by atoms with E-state index < -0.39 is 5.91 Å². The van der Waals surface area contributed by atoms with E-state index in [1.165, 1.54) is 4.88 Å². The lowest BCUT2D eigenvalue weighted by molar-refractivity contribution is -0.119. The average molecular weight is 277 g/mol. The van der Waals surface area contributed by atoms with E-state index in [1.807, 2.05) is 25.3 Å². The molecular weight excluding hydrogens is 262 g/mol. The summed E-state index contributed by atoms with van der Waals surface area (Å²) in [6, 6.07) is 7.38. The second-order valence-corrected chi connectivity index (χ2v) is 5.30. The maximum Gasteiger partial charge on any atom is 0.255 e. The van der Waals surface area contributed by atoms with Gasteiger partial charge in [-0.1, -0.05) is 0 Å². The van der Waals surface area contributed by atoms with Gasteiger partial charge in [0.2, 0.25) is 0 Å². The molecule has 2 rings (SSSR count). The number of ether oxygens (including phenoxy) is 1. The number of aryl methyl sites for hydroxylation is 1. The molecular formula is C13H15N3O2S. The Labute approximate surface area is 115 Å². The number of nitrogens with two attached hydrogens (primary N) is 1. The fraction of sp³-hybridized carbons (Fsp3) is 0.231. The van der Waals surface area contributed by atoms with Crippen LogP contribution in [-0.4, -0.2) is 17.5 Å².